The Balaban J connectivity index is 0. The average molecular weight is 109 g/mol. The zero-order valence-corrected chi connectivity index (χ0v) is 3.53. The molecule has 6 heavy (non-hydrogen) atoms. The second-order valence-corrected chi connectivity index (χ2v) is 0.556. The van der Waals surface area contributed by atoms with Crippen molar-refractivity contribution in [3.8, 4) is 0 Å². The molecule has 0 aromatic carbocycles. The molecule has 0 aliphatic rings. The van der Waals surface area contributed by atoms with Crippen LogP contribution in [0.15, 0.2) is 4.36 Å². The summed E-state index contributed by atoms with van der Waals surface area (Å²) >= 11 is 3.70. The maximum atomic E-state index is 9.10. The molecule has 4 nitrogen and oxygen atoms in total. The van der Waals surface area contributed by atoms with Crippen molar-refractivity contribution in [2.45, 2.75) is 0 Å². The Kier molecular flexibility index (Phi) is 6.72. The molecule has 0 saturated carbocycles. The number of rotatable bonds is 0. The third-order valence-corrected chi connectivity index (χ3v) is 0.234. The minimum Gasteiger partial charge on any atom is -0.463 e. The van der Waals surface area contributed by atoms with E-state index >= 15 is 0 Å². The number of amides is 1. The molecule has 0 aromatic heterocycles. The first-order chi connectivity index (χ1) is 2.27. The van der Waals surface area contributed by atoms with E-state index in [9.17, 15) is 0 Å². The molecule has 36 valence electrons. The van der Waals surface area contributed by atoms with Gasteiger partial charge in [-0.05, 0) is 0 Å². The standard InChI is InChI=1S/CHNO2S.H2O/c3-1(4)2-5;/h(H,3,4);1H2. The van der Waals surface area contributed by atoms with Crippen molar-refractivity contribution in [2.75, 3.05) is 0 Å². The summed E-state index contributed by atoms with van der Waals surface area (Å²) in [6.45, 7) is 0. The fourth-order valence-corrected chi connectivity index (χ4v) is 0. The number of carbonyl (C=O) groups is 1. The van der Waals surface area contributed by atoms with E-state index in [1.54, 1.807) is 0 Å². The molecule has 0 unspecified atom stereocenters. The summed E-state index contributed by atoms with van der Waals surface area (Å²) in [5.74, 6) is 0. The van der Waals surface area contributed by atoms with Gasteiger partial charge in [-0.15, -0.1) is 4.36 Å². The highest BCUT2D eigenvalue weighted by Gasteiger charge is 1.77. The van der Waals surface area contributed by atoms with Gasteiger partial charge in [0.25, 0.3) is 0 Å². The van der Waals surface area contributed by atoms with Gasteiger partial charge < -0.3 is 10.6 Å². The topological polar surface area (TPSA) is 81.2 Å². The fourth-order valence-electron chi connectivity index (χ4n) is 0. The van der Waals surface area contributed by atoms with Crippen LogP contribution in [0.3, 0.4) is 0 Å². The molecule has 0 aliphatic heterocycles. The van der Waals surface area contributed by atoms with Gasteiger partial charge in [-0.3, -0.25) is 0 Å². The van der Waals surface area contributed by atoms with Crippen molar-refractivity contribution < 1.29 is 15.4 Å². The highest BCUT2D eigenvalue weighted by atomic mass is 32.1. The summed E-state index contributed by atoms with van der Waals surface area (Å²) in [4.78, 5) is 9.10. The SMILES string of the molecule is O.O=C(O)N=S. The van der Waals surface area contributed by atoms with Gasteiger partial charge in [-0.1, -0.05) is 0 Å². The van der Waals surface area contributed by atoms with Gasteiger partial charge in [-0.2, -0.15) is 0 Å². The predicted octanol–water partition coefficient (Wildman–Crippen LogP) is -0.430. The maximum Gasteiger partial charge on any atom is 0.442 e. The van der Waals surface area contributed by atoms with E-state index < -0.39 is 6.09 Å². The quantitative estimate of drug-likeness (QED) is 0.458. The summed E-state index contributed by atoms with van der Waals surface area (Å²) < 4.78 is 2.39. The molecule has 0 aromatic rings. The fraction of sp³-hybridized carbons (Fsp3) is 0. The zero-order valence-electron chi connectivity index (χ0n) is 2.71. The smallest absolute Gasteiger partial charge is 0.442 e. The van der Waals surface area contributed by atoms with E-state index in [-0.39, 0.29) is 5.48 Å². The molecule has 0 rings (SSSR count). The van der Waals surface area contributed by atoms with Crippen molar-refractivity contribution in [1.29, 1.82) is 0 Å². The molecule has 0 radical (unpaired) electrons. The number of hydrogen-bond acceptors (Lipinski definition) is 2. The van der Waals surface area contributed by atoms with Crippen LogP contribution in [0, 0.1) is 0 Å². The normalized spacial score (nSPS) is 5.33. The third kappa shape index (κ3) is 9.85. The van der Waals surface area contributed by atoms with Gasteiger partial charge in [-0.25, -0.2) is 4.79 Å². The van der Waals surface area contributed by atoms with Crippen molar-refractivity contribution in [3.63, 3.8) is 0 Å². The van der Waals surface area contributed by atoms with E-state index in [1.165, 1.54) is 0 Å². The summed E-state index contributed by atoms with van der Waals surface area (Å²) in [7, 11) is 0. The summed E-state index contributed by atoms with van der Waals surface area (Å²) in [6.07, 6.45) is -1.31. The van der Waals surface area contributed by atoms with Crippen LogP contribution < -0.4 is 0 Å². The largest absolute Gasteiger partial charge is 0.463 e. The predicted molar refractivity (Wildman–Crippen MR) is 21.4 cm³/mol. The van der Waals surface area contributed by atoms with Gasteiger partial charge >= 0.3 is 6.09 Å². The van der Waals surface area contributed by atoms with Gasteiger partial charge in [0.1, 0.15) is 0 Å². The second kappa shape index (κ2) is 4.45. The monoisotopic (exact) mass is 109 g/mol. The van der Waals surface area contributed by atoms with Crippen LogP contribution in [0.5, 0.6) is 0 Å². The van der Waals surface area contributed by atoms with E-state index in [2.05, 4.69) is 16.8 Å². The minimum atomic E-state index is -1.31. The lowest BCUT2D eigenvalue weighted by molar-refractivity contribution is 0.206. The van der Waals surface area contributed by atoms with Gasteiger partial charge in [0.2, 0.25) is 0 Å². The third-order valence-electron chi connectivity index (χ3n) is 0.0781. The summed E-state index contributed by atoms with van der Waals surface area (Å²) in [5.41, 5.74) is 0. The number of carboxylic acid groups (broad SMARTS) is 1. The first-order valence-electron chi connectivity index (χ1n) is 0.834. The Morgan fingerprint density at radius 3 is 2.00 bits per heavy atom. The van der Waals surface area contributed by atoms with Crippen LogP contribution in [-0.4, -0.2) is 16.7 Å². The van der Waals surface area contributed by atoms with Crippen LogP contribution in [0.2, 0.25) is 0 Å². The lowest BCUT2D eigenvalue weighted by Gasteiger charge is -1.61. The Hall–Kier alpha value is -0.550. The average Bonchev–Trinajstić information content (AvgIpc) is 1.38. The second-order valence-electron chi connectivity index (χ2n) is 0.374. The molecule has 0 saturated heterocycles. The van der Waals surface area contributed by atoms with Crippen molar-refractivity contribution in [2.24, 2.45) is 4.36 Å². The molecule has 0 aliphatic carbocycles. The van der Waals surface area contributed by atoms with E-state index in [1.807, 2.05) is 0 Å². The maximum absolute atomic E-state index is 9.10. The van der Waals surface area contributed by atoms with E-state index in [0.717, 1.165) is 0 Å². The van der Waals surface area contributed by atoms with Gasteiger partial charge in [0, 0.05) is 12.4 Å². The Morgan fingerprint density at radius 2 is 2.00 bits per heavy atom. The molecular formula is CH3NO3S. The van der Waals surface area contributed by atoms with Crippen LogP contribution >= 0.6 is 0 Å². The molecule has 5 heteroatoms. The highest BCUT2D eigenvalue weighted by Crippen LogP contribution is 1.60. The lowest BCUT2D eigenvalue weighted by atomic mass is 11.3. The van der Waals surface area contributed by atoms with Crippen molar-refractivity contribution in [3.05, 3.63) is 0 Å². The number of hydrogen-bond donors (Lipinski definition) is 1. The van der Waals surface area contributed by atoms with Crippen molar-refractivity contribution in [1.82, 2.24) is 0 Å². The summed E-state index contributed by atoms with van der Waals surface area (Å²) in [5, 5.41) is 7.45. The molecule has 0 fully saturated rings. The molecule has 0 spiro atoms. The first-order valence-corrected chi connectivity index (χ1v) is 1.20. The first kappa shape index (κ1) is 9.07. The molecule has 1 amide bonds. The van der Waals surface area contributed by atoms with E-state index in [0.29, 0.717) is 0 Å². The Labute approximate surface area is 39.3 Å². The van der Waals surface area contributed by atoms with Crippen LogP contribution in [0.25, 0.3) is 0 Å². The molecule has 3 N–H and O–H groups in total. The van der Waals surface area contributed by atoms with E-state index in [4.69, 9.17) is 9.90 Å². The zero-order chi connectivity index (χ0) is 4.28. The van der Waals surface area contributed by atoms with Crippen LogP contribution in [0.1, 0.15) is 0 Å². The lowest BCUT2D eigenvalue weighted by Crippen LogP contribution is -1.77. The van der Waals surface area contributed by atoms with Crippen LogP contribution in [-0.2, 0) is 12.4 Å². The molecule has 0 heterocycles. The Morgan fingerprint density at radius 1 is 1.83 bits per heavy atom. The van der Waals surface area contributed by atoms with Gasteiger partial charge in [0.15, 0.2) is 0 Å². The Bertz CT molecular complexity index is 61.8. The molecule has 0 bridgehead atoms. The van der Waals surface area contributed by atoms with Crippen LogP contribution in [0.4, 0.5) is 4.79 Å². The molecule has 0 atom stereocenters. The minimum absolute atomic E-state index is 0. The summed E-state index contributed by atoms with van der Waals surface area (Å²) in [6, 6.07) is 0. The van der Waals surface area contributed by atoms with Gasteiger partial charge in [0.05, 0.1) is 0 Å². The number of nitrogens with zero attached hydrogens (tertiary/aromatic N) is 1. The molecular weight excluding hydrogens is 106 g/mol. The highest BCUT2D eigenvalue weighted by molar-refractivity contribution is 7.47. The van der Waals surface area contributed by atoms with Crippen molar-refractivity contribution >= 4 is 18.5 Å².